The van der Waals surface area contributed by atoms with Crippen molar-refractivity contribution < 1.29 is 23.9 Å². The van der Waals surface area contributed by atoms with Gasteiger partial charge in [0.2, 0.25) is 0 Å². The third kappa shape index (κ3) is 5.63. The lowest BCUT2D eigenvalue weighted by molar-refractivity contribution is -0.112. The number of esters is 2. The summed E-state index contributed by atoms with van der Waals surface area (Å²) in [5.74, 6) is -1.13. The molecular weight excluding hydrogens is 536 g/mol. The van der Waals surface area contributed by atoms with Crippen molar-refractivity contribution in [2.75, 3.05) is 13.2 Å². The third-order valence-corrected chi connectivity index (χ3v) is 9.21. The average Bonchev–Trinajstić information content (AvgIpc) is 3.47. The topological polar surface area (TPSA) is 108 Å². The molecule has 1 aromatic heterocycles. The fourth-order valence-electron chi connectivity index (χ4n) is 5.20. The van der Waals surface area contributed by atoms with Gasteiger partial charge in [0.15, 0.2) is 0 Å². The van der Waals surface area contributed by atoms with E-state index < -0.39 is 22.9 Å². The molecule has 2 atom stereocenters. The van der Waals surface area contributed by atoms with E-state index in [4.69, 9.17) is 15.2 Å². The van der Waals surface area contributed by atoms with Crippen molar-refractivity contribution in [1.82, 2.24) is 0 Å². The zero-order valence-electron chi connectivity index (χ0n) is 24.8. The van der Waals surface area contributed by atoms with Crippen LogP contribution < -0.4 is 5.73 Å². The molecule has 0 aliphatic heterocycles. The second-order valence-corrected chi connectivity index (χ2v) is 12.2. The molecule has 0 fully saturated rings. The highest BCUT2D eigenvalue weighted by atomic mass is 32.1. The van der Waals surface area contributed by atoms with Gasteiger partial charge in [0, 0.05) is 28.0 Å². The number of thiophene rings is 1. The van der Waals surface area contributed by atoms with Crippen LogP contribution in [-0.4, -0.2) is 37.7 Å². The van der Waals surface area contributed by atoms with Gasteiger partial charge in [0.1, 0.15) is 16.9 Å². The van der Waals surface area contributed by atoms with Gasteiger partial charge in [-0.2, -0.15) is 0 Å². The van der Waals surface area contributed by atoms with Crippen LogP contribution in [0, 0.1) is 0 Å². The number of carbonyl (C=O) groups is 3. The number of nitrogens with zero attached hydrogens (tertiary/aromatic N) is 1. The zero-order valence-corrected chi connectivity index (χ0v) is 25.6. The van der Waals surface area contributed by atoms with Crippen LogP contribution in [0.3, 0.4) is 0 Å². The molecule has 2 N–H and O–H groups in total. The molecule has 1 aliphatic carbocycles. The first kappa shape index (κ1) is 30.3. The molecule has 2 aromatic carbocycles. The van der Waals surface area contributed by atoms with Crippen LogP contribution in [0.5, 0.6) is 0 Å². The van der Waals surface area contributed by atoms with Crippen molar-refractivity contribution in [3.63, 3.8) is 0 Å². The summed E-state index contributed by atoms with van der Waals surface area (Å²) in [5, 5.41) is 0.342. The normalized spacial score (nSPS) is 15.8. The summed E-state index contributed by atoms with van der Waals surface area (Å²) >= 11 is 1.19. The number of benzene rings is 2. The molecule has 2 unspecified atom stereocenters. The van der Waals surface area contributed by atoms with Crippen LogP contribution >= 0.6 is 11.3 Å². The second kappa shape index (κ2) is 11.7. The highest BCUT2D eigenvalue weighted by Crippen LogP contribution is 2.46. The molecular formula is C33H38N2O5S. The molecule has 0 saturated carbocycles. The number of hydrogen-bond donors (Lipinski definition) is 1. The van der Waals surface area contributed by atoms with Crippen molar-refractivity contribution in [2.45, 2.75) is 71.8 Å². The maximum absolute atomic E-state index is 13.1. The molecule has 0 saturated heterocycles. The molecule has 0 amide bonds. The zero-order chi connectivity index (χ0) is 30.1. The summed E-state index contributed by atoms with van der Waals surface area (Å²) in [6.45, 7) is 13.4. The van der Waals surface area contributed by atoms with E-state index in [9.17, 15) is 14.4 Å². The number of aliphatic imine (C=N–C) groups is 1. The Labute approximate surface area is 245 Å². The van der Waals surface area contributed by atoms with Gasteiger partial charge in [-0.15, -0.1) is 11.3 Å². The van der Waals surface area contributed by atoms with Crippen LogP contribution in [0.15, 0.2) is 41.4 Å². The van der Waals surface area contributed by atoms with Gasteiger partial charge in [0.05, 0.1) is 18.8 Å². The Morgan fingerprint density at radius 3 is 2.10 bits per heavy atom. The summed E-state index contributed by atoms with van der Waals surface area (Å²) in [5.41, 5.74) is 11.7. The molecule has 3 aromatic rings. The standard InChI is InChI=1S/C33H38N2O5S/c1-8-33(7,18-36)21-12-14-23-22-13-11-20(15-24(22)19(4)25(23)16-21)17-35-29-27(31(38)40-10-3)26(30(37)39-9-2)28(41-29)32(5,6)34/h11-19H,8-10,34H2,1-7H3. The molecule has 7 nitrogen and oxygen atoms in total. The average molecular weight is 575 g/mol. The first-order chi connectivity index (χ1) is 19.4. The Kier molecular flexibility index (Phi) is 8.66. The lowest BCUT2D eigenvalue weighted by Crippen LogP contribution is -2.30. The van der Waals surface area contributed by atoms with E-state index in [0.29, 0.717) is 9.88 Å². The molecule has 41 heavy (non-hydrogen) atoms. The van der Waals surface area contributed by atoms with Gasteiger partial charge in [-0.1, -0.05) is 44.2 Å². The minimum Gasteiger partial charge on any atom is -0.462 e. The number of ether oxygens (including phenoxy) is 2. The minimum absolute atomic E-state index is 0.0729. The maximum Gasteiger partial charge on any atom is 0.342 e. The quantitative estimate of drug-likeness (QED) is 0.158. The van der Waals surface area contributed by atoms with E-state index in [-0.39, 0.29) is 30.3 Å². The van der Waals surface area contributed by atoms with Gasteiger partial charge in [0.25, 0.3) is 0 Å². The third-order valence-electron chi connectivity index (χ3n) is 7.77. The van der Waals surface area contributed by atoms with Crippen molar-refractivity contribution in [2.24, 2.45) is 10.7 Å². The van der Waals surface area contributed by atoms with Crippen molar-refractivity contribution >= 4 is 40.8 Å². The fraction of sp³-hybridized carbons (Fsp3) is 0.394. The Bertz CT molecular complexity index is 1530. The summed E-state index contributed by atoms with van der Waals surface area (Å²) < 4.78 is 10.6. The van der Waals surface area contributed by atoms with Crippen LogP contribution in [-0.2, 0) is 25.2 Å². The fourth-order valence-corrected chi connectivity index (χ4v) is 6.33. The molecule has 0 spiro atoms. The van der Waals surface area contributed by atoms with Crippen molar-refractivity contribution in [3.8, 4) is 11.1 Å². The molecule has 0 bridgehead atoms. The van der Waals surface area contributed by atoms with Crippen LogP contribution in [0.25, 0.3) is 11.1 Å². The number of rotatable bonds is 10. The summed E-state index contributed by atoms with van der Waals surface area (Å²) in [4.78, 5) is 43.1. The number of carbonyl (C=O) groups excluding carboxylic acids is 3. The Morgan fingerprint density at radius 2 is 1.54 bits per heavy atom. The smallest absolute Gasteiger partial charge is 0.342 e. The Morgan fingerprint density at radius 1 is 0.951 bits per heavy atom. The minimum atomic E-state index is -0.910. The lowest BCUT2D eigenvalue weighted by atomic mass is 9.80. The van der Waals surface area contributed by atoms with Gasteiger partial charge >= 0.3 is 11.9 Å². The maximum atomic E-state index is 13.1. The predicted molar refractivity (Wildman–Crippen MR) is 164 cm³/mol. The number of aldehydes is 1. The van der Waals surface area contributed by atoms with E-state index >= 15 is 0 Å². The molecule has 216 valence electrons. The highest BCUT2D eigenvalue weighted by molar-refractivity contribution is 7.16. The number of nitrogens with two attached hydrogens (primary N) is 1. The van der Waals surface area contributed by atoms with Crippen molar-refractivity contribution in [1.29, 1.82) is 0 Å². The van der Waals surface area contributed by atoms with Crippen LogP contribution in [0.2, 0.25) is 0 Å². The predicted octanol–water partition coefficient (Wildman–Crippen LogP) is 7.04. The first-order valence-electron chi connectivity index (χ1n) is 14.0. The van der Waals surface area contributed by atoms with E-state index in [0.717, 1.165) is 35.0 Å². The largest absolute Gasteiger partial charge is 0.462 e. The van der Waals surface area contributed by atoms with Gasteiger partial charge in [-0.3, -0.25) is 0 Å². The van der Waals surface area contributed by atoms with E-state index in [1.807, 2.05) is 19.9 Å². The van der Waals surface area contributed by atoms with Gasteiger partial charge in [-0.05, 0) is 80.5 Å². The molecule has 1 heterocycles. The van der Waals surface area contributed by atoms with Crippen LogP contribution in [0.4, 0.5) is 5.00 Å². The Balaban J connectivity index is 1.75. The summed E-state index contributed by atoms with van der Waals surface area (Å²) in [7, 11) is 0. The van der Waals surface area contributed by atoms with Crippen molar-refractivity contribution in [3.05, 3.63) is 74.7 Å². The number of fused-ring (bicyclic) bond motifs is 3. The van der Waals surface area contributed by atoms with E-state index in [1.165, 1.54) is 22.5 Å². The lowest BCUT2D eigenvalue weighted by Gasteiger charge is -2.23. The summed E-state index contributed by atoms with van der Waals surface area (Å²) in [6, 6.07) is 12.5. The second-order valence-electron chi connectivity index (χ2n) is 11.2. The SMILES string of the molecule is CCOC(=O)c1c(N=Cc2ccc3c(c2)C(C)c2cc(C(C)(C=O)CC)ccc2-3)sc(C(C)(C)N)c1C(=O)OCC. The van der Waals surface area contributed by atoms with E-state index in [2.05, 4.69) is 42.2 Å². The molecule has 8 heteroatoms. The Hall–Kier alpha value is -3.62. The highest BCUT2D eigenvalue weighted by Gasteiger charge is 2.35. The first-order valence-corrected chi connectivity index (χ1v) is 14.8. The molecule has 4 rings (SSSR count). The summed E-state index contributed by atoms with van der Waals surface area (Å²) in [6.07, 6.45) is 3.46. The van der Waals surface area contributed by atoms with Gasteiger partial charge < -0.3 is 20.0 Å². The molecule has 1 aliphatic rings. The monoisotopic (exact) mass is 574 g/mol. The van der Waals surface area contributed by atoms with Gasteiger partial charge in [-0.25, -0.2) is 14.6 Å². The molecule has 0 radical (unpaired) electrons. The number of hydrogen-bond acceptors (Lipinski definition) is 8. The van der Waals surface area contributed by atoms with E-state index in [1.54, 1.807) is 33.9 Å². The van der Waals surface area contributed by atoms with Crippen LogP contribution in [0.1, 0.15) is 109 Å².